The lowest BCUT2D eigenvalue weighted by molar-refractivity contribution is -0.115. The van der Waals surface area contributed by atoms with E-state index >= 15 is 0 Å². The van der Waals surface area contributed by atoms with Gasteiger partial charge in [-0.25, -0.2) is 0 Å². The molecule has 2 rings (SSSR count). The predicted octanol–water partition coefficient (Wildman–Crippen LogP) is 4.94. The summed E-state index contributed by atoms with van der Waals surface area (Å²) in [6, 6.07) is 5.95. The second-order valence-electron chi connectivity index (χ2n) is 6.70. The molecule has 1 atom stereocenters. The van der Waals surface area contributed by atoms with E-state index in [2.05, 4.69) is 26.1 Å². The monoisotopic (exact) mass is 362 g/mol. The summed E-state index contributed by atoms with van der Waals surface area (Å²) < 4.78 is 0. The molecular weight excluding hydrogens is 332 g/mol. The van der Waals surface area contributed by atoms with Crippen LogP contribution in [-0.4, -0.2) is 35.1 Å². The molecule has 138 valence electrons. The zero-order valence-electron chi connectivity index (χ0n) is 15.6. The summed E-state index contributed by atoms with van der Waals surface area (Å²) in [4.78, 5) is 28.0. The quantitative estimate of drug-likeness (QED) is 0.666. The number of hydrogen-bond acceptors (Lipinski definition) is 3. The van der Waals surface area contributed by atoms with Crippen LogP contribution in [0.15, 0.2) is 23.1 Å². The van der Waals surface area contributed by atoms with Crippen LogP contribution in [0.25, 0.3) is 0 Å². The summed E-state index contributed by atoms with van der Waals surface area (Å²) in [5, 5.41) is 2.93. The molecule has 1 aromatic rings. The summed E-state index contributed by atoms with van der Waals surface area (Å²) >= 11 is 1.67. The first-order valence-electron chi connectivity index (χ1n) is 9.44. The van der Waals surface area contributed by atoms with E-state index in [1.165, 1.54) is 0 Å². The fourth-order valence-electron chi connectivity index (χ4n) is 3.15. The number of carbonyl (C=O) groups excluding carboxylic acids is 2. The number of carbonyl (C=O) groups is 2. The van der Waals surface area contributed by atoms with Crippen molar-refractivity contribution < 1.29 is 9.59 Å². The third kappa shape index (κ3) is 5.50. The summed E-state index contributed by atoms with van der Waals surface area (Å²) in [7, 11) is 0. The van der Waals surface area contributed by atoms with Crippen molar-refractivity contribution in [3.63, 3.8) is 0 Å². The lowest BCUT2D eigenvalue weighted by Gasteiger charge is -2.29. The summed E-state index contributed by atoms with van der Waals surface area (Å²) in [6.45, 7) is 7.26. The van der Waals surface area contributed by atoms with Crippen LogP contribution in [0.2, 0.25) is 0 Å². The Labute approximate surface area is 155 Å². The van der Waals surface area contributed by atoms with Gasteiger partial charge in [-0.2, -0.15) is 0 Å². The molecule has 2 amide bonds. The molecule has 0 bridgehead atoms. The van der Waals surface area contributed by atoms with E-state index in [-0.39, 0.29) is 17.9 Å². The van der Waals surface area contributed by atoms with Crippen LogP contribution in [0, 0.1) is 0 Å². The molecule has 0 saturated carbocycles. The van der Waals surface area contributed by atoms with Crippen LogP contribution in [-0.2, 0) is 4.79 Å². The highest BCUT2D eigenvalue weighted by Crippen LogP contribution is 2.32. The first kappa shape index (κ1) is 19.8. The van der Waals surface area contributed by atoms with Crippen molar-refractivity contribution in [2.45, 2.75) is 70.2 Å². The summed E-state index contributed by atoms with van der Waals surface area (Å²) in [5.41, 5.74) is 1.44. The number of nitrogens with zero attached hydrogens (tertiary/aromatic N) is 1. The molecule has 0 saturated heterocycles. The van der Waals surface area contributed by atoms with Gasteiger partial charge in [0.15, 0.2) is 0 Å². The largest absolute Gasteiger partial charge is 0.336 e. The zero-order valence-corrected chi connectivity index (χ0v) is 16.5. The number of amides is 2. The maximum atomic E-state index is 13.1. The normalized spacial score (nSPS) is 15.1. The molecule has 4 nitrogen and oxygen atoms in total. The average molecular weight is 363 g/mol. The van der Waals surface area contributed by atoms with E-state index < -0.39 is 0 Å². The van der Waals surface area contributed by atoms with Gasteiger partial charge in [0, 0.05) is 35.2 Å². The molecule has 0 aromatic heterocycles. The average Bonchev–Trinajstić information content (AvgIpc) is 2.78. The Morgan fingerprint density at radius 3 is 2.80 bits per heavy atom. The number of benzene rings is 1. The maximum Gasteiger partial charge on any atom is 0.254 e. The number of unbranched alkanes of at least 4 members (excludes halogenated alkanes) is 2. The molecule has 1 unspecified atom stereocenters. The van der Waals surface area contributed by atoms with Gasteiger partial charge < -0.3 is 10.2 Å². The zero-order chi connectivity index (χ0) is 18.2. The van der Waals surface area contributed by atoms with E-state index in [0.29, 0.717) is 12.0 Å². The van der Waals surface area contributed by atoms with Crippen molar-refractivity contribution >= 4 is 29.3 Å². The minimum Gasteiger partial charge on any atom is -0.336 e. The Kier molecular flexibility index (Phi) is 7.82. The third-order valence-corrected chi connectivity index (χ3v) is 5.66. The number of rotatable bonds is 8. The second kappa shape index (κ2) is 9.85. The van der Waals surface area contributed by atoms with Crippen molar-refractivity contribution in [3.8, 4) is 0 Å². The van der Waals surface area contributed by atoms with Crippen molar-refractivity contribution in [2.24, 2.45) is 0 Å². The minimum atomic E-state index is 0.0231. The fraction of sp³-hybridized carbons (Fsp3) is 0.600. The topological polar surface area (TPSA) is 49.4 Å². The Bertz CT molecular complexity index is 603. The molecule has 1 N–H and O–H groups in total. The molecule has 0 radical (unpaired) electrons. The van der Waals surface area contributed by atoms with Gasteiger partial charge in [-0.05, 0) is 38.0 Å². The SMILES string of the molecule is CCCCCN(C(=O)c1ccc2c(c1)NC(=O)CCS2)C(C)CCC. The second-order valence-corrected chi connectivity index (χ2v) is 7.84. The molecule has 1 aliphatic rings. The van der Waals surface area contributed by atoms with Gasteiger partial charge in [-0.3, -0.25) is 9.59 Å². The van der Waals surface area contributed by atoms with Crippen molar-refractivity contribution in [1.29, 1.82) is 0 Å². The molecule has 0 aliphatic carbocycles. The smallest absolute Gasteiger partial charge is 0.254 e. The number of hydrogen-bond donors (Lipinski definition) is 1. The first-order valence-corrected chi connectivity index (χ1v) is 10.4. The first-order chi connectivity index (χ1) is 12.1. The number of nitrogens with one attached hydrogen (secondary N) is 1. The molecule has 0 spiro atoms. The highest BCUT2D eigenvalue weighted by atomic mass is 32.2. The van der Waals surface area contributed by atoms with E-state index in [0.717, 1.165) is 55.0 Å². The van der Waals surface area contributed by atoms with Gasteiger partial charge >= 0.3 is 0 Å². The van der Waals surface area contributed by atoms with Gasteiger partial charge in [-0.1, -0.05) is 33.1 Å². The highest BCUT2D eigenvalue weighted by Gasteiger charge is 2.22. The third-order valence-electron chi connectivity index (χ3n) is 4.59. The Morgan fingerprint density at radius 1 is 1.28 bits per heavy atom. The Hall–Kier alpha value is -1.49. The summed E-state index contributed by atoms with van der Waals surface area (Å²) in [6.07, 6.45) is 5.91. The van der Waals surface area contributed by atoms with Crippen LogP contribution in [0.5, 0.6) is 0 Å². The Morgan fingerprint density at radius 2 is 2.08 bits per heavy atom. The minimum absolute atomic E-state index is 0.0231. The van der Waals surface area contributed by atoms with Crippen molar-refractivity contribution in [3.05, 3.63) is 23.8 Å². The fourth-order valence-corrected chi connectivity index (χ4v) is 4.08. The van der Waals surface area contributed by atoms with Crippen LogP contribution in [0.4, 0.5) is 5.69 Å². The van der Waals surface area contributed by atoms with Gasteiger partial charge in [0.25, 0.3) is 5.91 Å². The van der Waals surface area contributed by atoms with Crippen LogP contribution >= 0.6 is 11.8 Å². The van der Waals surface area contributed by atoms with Crippen molar-refractivity contribution in [1.82, 2.24) is 4.90 Å². The standard InChI is InChI=1S/C20H30N2O2S/c1-4-6-7-12-22(15(3)8-5-2)20(24)16-9-10-18-17(14-16)21-19(23)11-13-25-18/h9-10,14-15H,4-8,11-13H2,1-3H3,(H,21,23). The highest BCUT2D eigenvalue weighted by molar-refractivity contribution is 7.99. The van der Waals surface area contributed by atoms with Gasteiger partial charge in [0.05, 0.1) is 5.69 Å². The molecule has 0 fully saturated rings. The van der Waals surface area contributed by atoms with Gasteiger partial charge in [-0.15, -0.1) is 11.8 Å². The molecule has 1 aliphatic heterocycles. The summed E-state index contributed by atoms with van der Waals surface area (Å²) in [5.74, 6) is 0.876. The van der Waals surface area contributed by atoms with Crippen LogP contribution in [0.3, 0.4) is 0 Å². The number of anilines is 1. The lowest BCUT2D eigenvalue weighted by Crippen LogP contribution is -2.39. The predicted molar refractivity (Wildman–Crippen MR) is 105 cm³/mol. The Balaban J connectivity index is 2.20. The van der Waals surface area contributed by atoms with E-state index in [1.807, 2.05) is 23.1 Å². The van der Waals surface area contributed by atoms with Crippen molar-refractivity contribution in [2.75, 3.05) is 17.6 Å². The van der Waals surface area contributed by atoms with Crippen LogP contribution in [0.1, 0.15) is 69.7 Å². The molecule has 1 aromatic carbocycles. The molecular formula is C20H30N2O2S. The van der Waals surface area contributed by atoms with E-state index in [1.54, 1.807) is 11.8 Å². The van der Waals surface area contributed by atoms with Gasteiger partial charge in [0.1, 0.15) is 0 Å². The molecule has 25 heavy (non-hydrogen) atoms. The van der Waals surface area contributed by atoms with Gasteiger partial charge in [0.2, 0.25) is 5.91 Å². The van der Waals surface area contributed by atoms with E-state index in [9.17, 15) is 9.59 Å². The number of fused-ring (bicyclic) bond motifs is 1. The number of thioether (sulfide) groups is 1. The lowest BCUT2D eigenvalue weighted by atomic mass is 10.1. The van der Waals surface area contributed by atoms with E-state index in [4.69, 9.17) is 0 Å². The van der Waals surface area contributed by atoms with Crippen LogP contribution < -0.4 is 5.32 Å². The molecule has 5 heteroatoms. The molecule has 1 heterocycles. The maximum absolute atomic E-state index is 13.1.